The lowest BCUT2D eigenvalue weighted by Gasteiger charge is -2.49. The predicted molar refractivity (Wildman–Crippen MR) is 488 cm³/mol. The molecule has 14 aromatic carbocycles. The quantitative estimate of drug-likeness (QED) is 0.143. The fourth-order valence-corrected chi connectivity index (χ4v) is 17.7. The van der Waals surface area contributed by atoms with Gasteiger partial charge in [0.2, 0.25) is 0 Å². The van der Waals surface area contributed by atoms with E-state index in [-0.39, 0.29) is 72.3 Å². The van der Waals surface area contributed by atoms with E-state index in [2.05, 4.69) is 382 Å². The van der Waals surface area contributed by atoms with Crippen LogP contribution in [-0.2, 0) is 38.9 Å². The summed E-state index contributed by atoms with van der Waals surface area (Å²) in [6.45, 7) is 41.0. The topological polar surface area (TPSA) is 14.7 Å². The monoisotopic (exact) mass is 1490 g/mol. The number of hydrogen-bond acceptors (Lipinski definition) is 3. The van der Waals surface area contributed by atoms with Crippen molar-refractivity contribution in [1.82, 2.24) is 4.57 Å². The summed E-state index contributed by atoms with van der Waals surface area (Å²) in [7, 11) is 0. The third kappa shape index (κ3) is 12.8. The molecule has 0 spiro atoms. The molecular formula is C110H106N4. The van der Waals surface area contributed by atoms with Gasteiger partial charge >= 0.3 is 0 Å². The first kappa shape index (κ1) is 64.8. The van der Waals surface area contributed by atoms with Crippen molar-refractivity contribution in [2.24, 2.45) is 0 Å². The molecule has 4 heteroatoms. The molecule has 0 amide bonds. The Hall–Kier alpha value is -11.7. The van der Waals surface area contributed by atoms with Crippen molar-refractivity contribution in [3.63, 3.8) is 0 Å². The molecule has 1 aliphatic carbocycles. The van der Waals surface area contributed by atoms with Crippen molar-refractivity contribution in [3.8, 4) is 61.3 Å². The van der Waals surface area contributed by atoms with Crippen LogP contribution in [-0.4, -0.2) is 4.57 Å². The first-order valence-electron chi connectivity index (χ1n) is 44.5. The molecule has 0 saturated heterocycles. The van der Waals surface area contributed by atoms with Gasteiger partial charge in [-0.15, -0.1) is 0 Å². The highest BCUT2D eigenvalue weighted by Gasteiger charge is 2.44. The second-order valence-corrected chi connectivity index (χ2v) is 38.1. The van der Waals surface area contributed by atoms with Crippen LogP contribution in [0.2, 0.25) is 0 Å². The van der Waals surface area contributed by atoms with Crippen LogP contribution in [0.3, 0.4) is 0 Å². The molecule has 1 aromatic heterocycles. The SMILES string of the molecule is [2H]c1c([2H])c([2H])c2c(c1[2H])c1c([2H])c([2H])c([2H])c([2H])c1n2-c1ccc2c(c1)N(c1c(-c3ccc(C(C)(C)C)cc3)cccc1-c1ccc(C(C)(C)C)cc1)c1cc(C3c4ccccc4Cc4ccccc43)cc3c1N2c1ccc(-c2cc(C(C)(C)C)cc(C(C)(C)C)c2)cc1N3c1c(-c2ccc(C(C)(C)C)cc2)cccc1-c1ccc(C(C)(C)C)cc1. The standard InChI is InChI=1S/C110H106N4/c1-105(2,3)78-50-41-69(42-51-78)87-35-27-36-88(70-43-52-79(53-44-70)106(4,5)6)102(87)113-97-64-73(76-62-82(109(13,14)15)67-83(63-76)110(16,17)18)49-59-95(97)112-96-60-58-84(111-93-39-25-23-33-91(93)92-34-24-26-40-94(92)111)68-98(96)114(100-66-77(65-99(113)104(100)112)101-85-31-21-19-29-74(85)61-75-30-20-22-32-86(75)101)103-89(71-45-54-80(55-46-71)107(7,8)9)37-28-38-90(103)72-47-56-81(57-48-72)108(10,11)12/h19-60,62-68,101H,61H2,1-18H3/i23D,24D,25D,26D,33D,34D,39D,40D. The lowest BCUT2D eigenvalue weighted by Crippen LogP contribution is -2.31. The van der Waals surface area contributed by atoms with Crippen LogP contribution in [0.1, 0.15) is 203 Å². The van der Waals surface area contributed by atoms with Crippen molar-refractivity contribution in [3.05, 3.63) is 358 Å². The van der Waals surface area contributed by atoms with E-state index >= 15 is 0 Å². The number of nitrogens with zero attached hydrogens (tertiary/aromatic N) is 4. The summed E-state index contributed by atoms with van der Waals surface area (Å²) in [5.41, 5.74) is 30.7. The highest BCUT2D eigenvalue weighted by Crippen LogP contribution is 2.68. The van der Waals surface area contributed by atoms with Gasteiger partial charge in [-0.25, -0.2) is 0 Å². The Morgan fingerprint density at radius 2 is 0.614 bits per heavy atom. The summed E-state index contributed by atoms with van der Waals surface area (Å²) >= 11 is 0. The van der Waals surface area contributed by atoms with E-state index in [1.807, 2.05) is 6.07 Å². The highest BCUT2D eigenvalue weighted by molar-refractivity contribution is 6.18. The number of hydrogen-bond donors (Lipinski definition) is 0. The fraction of sp³-hybridized carbons (Fsp3) is 0.236. The molecule has 2 aliphatic heterocycles. The van der Waals surface area contributed by atoms with E-state index in [9.17, 15) is 11.0 Å². The van der Waals surface area contributed by atoms with Crippen LogP contribution in [0.4, 0.5) is 51.2 Å². The summed E-state index contributed by atoms with van der Waals surface area (Å²) in [4.78, 5) is 7.56. The van der Waals surface area contributed by atoms with Gasteiger partial charge in [0, 0.05) is 44.6 Å². The van der Waals surface area contributed by atoms with E-state index in [1.165, 1.54) is 55.6 Å². The molecule has 0 radical (unpaired) electrons. The lowest BCUT2D eigenvalue weighted by molar-refractivity contribution is 0.569. The van der Waals surface area contributed by atoms with E-state index in [0.29, 0.717) is 11.4 Å². The number of aromatic nitrogens is 1. The third-order valence-electron chi connectivity index (χ3n) is 24.2. The zero-order valence-corrected chi connectivity index (χ0v) is 69.2. The summed E-state index contributed by atoms with van der Waals surface area (Å²) in [5.74, 6) is -0.316. The molecule has 0 fully saturated rings. The van der Waals surface area contributed by atoms with Gasteiger partial charge in [0.05, 0.1) is 73.2 Å². The lowest BCUT2D eigenvalue weighted by atomic mass is 9.74. The summed E-state index contributed by atoms with van der Waals surface area (Å²) in [6, 6.07) is 89.9. The van der Waals surface area contributed by atoms with Gasteiger partial charge < -0.3 is 19.3 Å². The molecule has 18 rings (SSSR count). The molecule has 0 N–H and O–H groups in total. The fourth-order valence-electron chi connectivity index (χ4n) is 17.7. The number of benzene rings is 14. The van der Waals surface area contributed by atoms with E-state index in [1.54, 1.807) is 4.57 Å². The second kappa shape index (κ2) is 27.0. The van der Waals surface area contributed by atoms with Crippen LogP contribution >= 0.6 is 0 Å². The van der Waals surface area contributed by atoms with Crippen LogP contribution in [0.5, 0.6) is 0 Å². The minimum absolute atomic E-state index is 0.00347. The summed E-state index contributed by atoms with van der Waals surface area (Å²) in [6.07, 6.45) is 0.756. The van der Waals surface area contributed by atoms with E-state index in [4.69, 9.17) is 0 Å². The van der Waals surface area contributed by atoms with Crippen LogP contribution < -0.4 is 14.7 Å². The van der Waals surface area contributed by atoms with Gasteiger partial charge in [-0.05, 0) is 188 Å². The molecule has 0 bridgehead atoms. The predicted octanol–water partition coefficient (Wildman–Crippen LogP) is 31.0. The minimum atomic E-state index is -0.503. The second-order valence-electron chi connectivity index (χ2n) is 38.1. The Labute approximate surface area is 688 Å². The van der Waals surface area contributed by atoms with Crippen molar-refractivity contribution in [2.45, 2.75) is 169 Å². The maximum Gasteiger partial charge on any atom is 0.0948 e. The molecular weight excluding hydrogens is 1380 g/mol. The first-order valence-corrected chi connectivity index (χ1v) is 40.5. The maximum absolute atomic E-state index is 10.0. The number of anilines is 9. The molecule has 15 aromatic rings. The van der Waals surface area contributed by atoms with Gasteiger partial charge in [-0.1, -0.05) is 367 Å². The van der Waals surface area contributed by atoms with Crippen LogP contribution in [0, 0.1) is 0 Å². The average molecular weight is 1490 g/mol. The van der Waals surface area contributed by atoms with E-state index < -0.39 is 36.3 Å². The highest BCUT2D eigenvalue weighted by atomic mass is 15.3. The molecule has 4 nitrogen and oxygen atoms in total. The smallest absolute Gasteiger partial charge is 0.0948 e. The molecule has 0 unspecified atom stereocenters. The van der Waals surface area contributed by atoms with Crippen molar-refractivity contribution in [2.75, 3.05) is 14.7 Å². The number of rotatable bonds is 9. The molecule has 114 heavy (non-hydrogen) atoms. The van der Waals surface area contributed by atoms with Gasteiger partial charge in [0.15, 0.2) is 0 Å². The normalized spacial score (nSPS) is 14.7. The number of fused-ring (bicyclic) bond motifs is 9. The zero-order chi connectivity index (χ0) is 86.4. The zero-order valence-electron chi connectivity index (χ0n) is 77.2. The van der Waals surface area contributed by atoms with Gasteiger partial charge in [-0.2, -0.15) is 0 Å². The largest absolute Gasteiger partial charge is 0.309 e. The average Bonchev–Trinajstić information content (AvgIpc) is 0.885. The van der Waals surface area contributed by atoms with Gasteiger partial charge in [-0.3, -0.25) is 0 Å². The number of para-hydroxylation sites is 4. The Morgan fingerprint density at radius 1 is 0.272 bits per heavy atom. The molecule has 0 saturated carbocycles. The maximum atomic E-state index is 10.0. The Bertz CT molecular complexity index is 6500. The molecule has 0 atom stereocenters. The van der Waals surface area contributed by atoms with E-state index in [0.717, 1.165) is 113 Å². The van der Waals surface area contributed by atoms with Gasteiger partial charge in [0.25, 0.3) is 0 Å². The van der Waals surface area contributed by atoms with Crippen LogP contribution in [0.25, 0.3) is 83.1 Å². The van der Waals surface area contributed by atoms with Crippen LogP contribution in [0.15, 0.2) is 297 Å². The molecule has 3 aliphatic rings. The molecule has 3 heterocycles. The Balaban J connectivity index is 1.07. The van der Waals surface area contributed by atoms with Crippen molar-refractivity contribution >= 4 is 73.0 Å². The summed E-state index contributed by atoms with van der Waals surface area (Å²) in [5, 5.41) is 0.00693. The van der Waals surface area contributed by atoms with Crippen molar-refractivity contribution < 1.29 is 11.0 Å². The Morgan fingerprint density at radius 3 is 1.00 bits per heavy atom. The Kier molecular flexibility index (Phi) is 15.3. The summed E-state index contributed by atoms with van der Waals surface area (Å²) < 4.78 is 78.5. The van der Waals surface area contributed by atoms with Gasteiger partial charge in [0.1, 0.15) is 0 Å². The minimum Gasteiger partial charge on any atom is -0.309 e. The third-order valence-corrected chi connectivity index (χ3v) is 24.2. The molecule has 566 valence electrons. The first-order chi connectivity index (χ1) is 57.6. The van der Waals surface area contributed by atoms with Crippen molar-refractivity contribution in [1.29, 1.82) is 0 Å².